The Morgan fingerprint density at radius 1 is 1.00 bits per heavy atom. The van der Waals surface area contributed by atoms with E-state index in [-0.39, 0.29) is 11.4 Å². The molecule has 102 valence electrons. The molecule has 0 saturated carbocycles. The van der Waals surface area contributed by atoms with E-state index in [1.807, 2.05) is 36.4 Å². The van der Waals surface area contributed by atoms with Gasteiger partial charge in [-0.05, 0) is 23.8 Å². The predicted octanol–water partition coefficient (Wildman–Crippen LogP) is 2.55. The minimum absolute atomic E-state index is 0.199. The number of nitrogens with one attached hydrogen (secondary N) is 1. The second-order valence-electron chi connectivity index (χ2n) is 4.81. The molecule has 0 fully saturated rings. The highest BCUT2D eigenvalue weighted by Crippen LogP contribution is 2.34. The molecule has 0 amide bonds. The number of rotatable bonds is 1. The fraction of sp³-hybridized carbons (Fsp3) is 0. The van der Waals surface area contributed by atoms with Gasteiger partial charge in [-0.25, -0.2) is 14.3 Å². The lowest BCUT2D eigenvalue weighted by Gasteiger charge is -2.09. The number of phenols is 1. The normalized spacial score (nSPS) is 11.2. The number of para-hydroxylation sites is 2. The van der Waals surface area contributed by atoms with Crippen LogP contribution in [-0.2, 0) is 0 Å². The Labute approximate surface area is 119 Å². The van der Waals surface area contributed by atoms with Crippen molar-refractivity contribution in [1.82, 2.24) is 14.6 Å². The topological polar surface area (TPSA) is 70.4 Å². The molecule has 0 aliphatic carbocycles. The summed E-state index contributed by atoms with van der Waals surface area (Å²) in [5.74, 6) is 0.199. The van der Waals surface area contributed by atoms with Crippen LogP contribution in [0, 0.1) is 0 Å². The van der Waals surface area contributed by atoms with Gasteiger partial charge in [0.1, 0.15) is 5.75 Å². The summed E-state index contributed by atoms with van der Waals surface area (Å²) in [6, 6.07) is 16.5. The molecule has 0 aliphatic rings. The number of nitrogens with zero attached hydrogens (tertiary/aromatic N) is 2. The van der Waals surface area contributed by atoms with Crippen molar-refractivity contribution in [2.45, 2.75) is 0 Å². The Hall–Kier alpha value is -3.08. The molecule has 0 spiro atoms. The molecule has 4 rings (SSSR count). The van der Waals surface area contributed by atoms with E-state index in [2.05, 4.69) is 10.2 Å². The quantitative estimate of drug-likeness (QED) is 0.561. The molecule has 2 heterocycles. The third-order valence-electron chi connectivity index (χ3n) is 3.60. The average Bonchev–Trinajstić information content (AvgIpc) is 2.89. The van der Waals surface area contributed by atoms with E-state index in [1.54, 1.807) is 18.2 Å². The van der Waals surface area contributed by atoms with Crippen LogP contribution in [0.2, 0.25) is 0 Å². The smallest absolute Gasteiger partial charge is 0.348 e. The van der Waals surface area contributed by atoms with Crippen LogP contribution in [0.1, 0.15) is 0 Å². The lowest BCUT2D eigenvalue weighted by atomic mass is 10.0. The minimum atomic E-state index is -0.273. The Kier molecular flexibility index (Phi) is 2.35. The van der Waals surface area contributed by atoms with Gasteiger partial charge in [-0.1, -0.05) is 36.4 Å². The summed E-state index contributed by atoms with van der Waals surface area (Å²) in [6.07, 6.45) is 0. The van der Waals surface area contributed by atoms with E-state index in [9.17, 15) is 9.90 Å². The van der Waals surface area contributed by atoms with E-state index < -0.39 is 0 Å². The number of hydrogen-bond acceptors (Lipinski definition) is 3. The van der Waals surface area contributed by atoms with Crippen molar-refractivity contribution < 1.29 is 5.11 Å². The molecule has 2 aromatic heterocycles. The van der Waals surface area contributed by atoms with E-state index in [1.165, 1.54) is 4.40 Å². The molecule has 0 bridgehead atoms. The maximum absolute atomic E-state index is 11.9. The summed E-state index contributed by atoms with van der Waals surface area (Å²) >= 11 is 0. The first-order valence-electron chi connectivity index (χ1n) is 6.53. The van der Waals surface area contributed by atoms with Gasteiger partial charge < -0.3 is 5.11 Å². The SMILES string of the molecule is O=c1[nH]nc2cc(-c3ccccc3O)c3ccccc3n12. The highest BCUT2D eigenvalue weighted by atomic mass is 16.3. The van der Waals surface area contributed by atoms with Crippen molar-refractivity contribution in [1.29, 1.82) is 0 Å². The molecule has 5 heteroatoms. The zero-order chi connectivity index (χ0) is 14.4. The van der Waals surface area contributed by atoms with Crippen molar-refractivity contribution in [3.63, 3.8) is 0 Å². The molecule has 2 aromatic carbocycles. The van der Waals surface area contributed by atoms with E-state index in [0.29, 0.717) is 11.2 Å². The maximum Gasteiger partial charge on any atom is 0.348 e. The predicted molar refractivity (Wildman–Crippen MR) is 80.4 cm³/mol. The number of H-pyrrole nitrogens is 1. The summed E-state index contributed by atoms with van der Waals surface area (Å²) in [6.45, 7) is 0. The fourth-order valence-corrected chi connectivity index (χ4v) is 2.67. The highest BCUT2D eigenvalue weighted by molar-refractivity contribution is 5.98. The minimum Gasteiger partial charge on any atom is -0.507 e. The molecule has 0 aliphatic heterocycles. The zero-order valence-corrected chi connectivity index (χ0v) is 10.9. The summed E-state index contributed by atoms with van der Waals surface area (Å²) in [5.41, 5.74) is 2.57. The second kappa shape index (κ2) is 4.21. The van der Waals surface area contributed by atoms with Crippen LogP contribution in [0.5, 0.6) is 5.75 Å². The van der Waals surface area contributed by atoms with Crippen LogP contribution in [-0.4, -0.2) is 19.7 Å². The maximum atomic E-state index is 11.9. The third-order valence-corrected chi connectivity index (χ3v) is 3.60. The fourth-order valence-electron chi connectivity index (χ4n) is 2.67. The van der Waals surface area contributed by atoms with Crippen molar-refractivity contribution in [2.24, 2.45) is 0 Å². The van der Waals surface area contributed by atoms with Gasteiger partial charge in [-0.15, -0.1) is 0 Å². The average molecular weight is 277 g/mol. The van der Waals surface area contributed by atoms with Crippen LogP contribution >= 0.6 is 0 Å². The van der Waals surface area contributed by atoms with Gasteiger partial charge in [0.2, 0.25) is 0 Å². The number of fused-ring (bicyclic) bond motifs is 3. The molecule has 0 radical (unpaired) electrons. The summed E-state index contributed by atoms with van der Waals surface area (Å²) in [4.78, 5) is 11.9. The van der Waals surface area contributed by atoms with Crippen molar-refractivity contribution in [3.05, 3.63) is 65.1 Å². The van der Waals surface area contributed by atoms with Gasteiger partial charge in [0.15, 0.2) is 5.65 Å². The first-order chi connectivity index (χ1) is 10.3. The van der Waals surface area contributed by atoms with Gasteiger partial charge in [0, 0.05) is 10.9 Å². The Balaban J connectivity index is 2.23. The lowest BCUT2D eigenvalue weighted by Crippen LogP contribution is -2.10. The van der Waals surface area contributed by atoms with Gasteiger partial charge >= 0.3 is 5.69 Å². The highest BCUT2D eigenvalue weighted by Gasteiger charge is 2.13. The van der Waals surface area contributed by atoms with Gasteiger partial charge in [-0.3, -0.25) is 0 Å². The number of aromatic hydroxyl groups is 1. The molecule has 0 atom stereocenters. The number of aromatic nitrogens is 3. The number of hydrogen-bond donors (Lipinski definition) is 2. The number of pyridine rings is 1. The second-order valence-corrected chi connectivity index (χ2v) is 4.81. The summed E-state index contributed by atoms with van der Waals surface area (Å²) in [7, 11) is 0. The van der Waals surface area contributed by atoms with E-state index in [4.69, 9.17) is 0 Å². The molecule has 4 aromatic rings. The molecule has 21 heavy (non-hydrogen) atoms. The molecular formula is C16H11N3O2. The lowest BCUT2D eigenvalue weighted by molar-refractivity contribution is 0.477. The Bertz CT molecular complexity index is 1030. The van der Waals surface area contributed by atoms with E-state index in [0.717, 1.165) is 16.5 Å². The Morgan fingerprint density at radius 3 is 2.62 bits per heavy atom. The van der Waals surface area contributed by atoms with Crippen molar-refractivity contribution in [3.8, 4) is 16.9 Å². The monoisotopic (exact) mass is 277 g/mol. The van der Waals surface area contributed by atoms with Crippen LogP contribution in [0.25, 0.3) is 27.7 Å². The Morgan fingerprint density at radius 2 is 1.76 bits per heavy atom. The summed E-state index contributed by atoms with van der Waals surface area (Å²) in [5, 5.41) is 17.5. The largest absolute Gasteiger partial charge is 0.507 e. The molecule has 5 nitrogen and oxygen atoms in total. The van der Waals surface area contributed by atoms with E-state index >= 15 is 0 Å². The number of benzene rings is 2. The molecule has 0 unspecified atom stereocenters. The molecule has 0 saturated heterocycles. The van der Waals surface area contributed by atoms with Gasteiger partial charge in [-0.2, -0.15) is 5.10 Å². The first kappa shape index (κ1) is 11.7. The van der Waals surface area contributed by atoms with Gasteiger partial charge in [0.25, 0.3) is 0 Å². The zero-order valence-electron chi connectivity index (χ0n) is 10.9. The standard InChI is InChI=1S/C16H11N3O2/c20-14-8-4-2-6-11(14)12-9-15-17-18-16(21)19(15)13-7-3-1-5-10(12)13/h1-9,20H,(H,18,21). The van der Waals surface area contributed by atoms with Crippen molar-refractivity contribution >= 4 is 16.6 Å². The van der Waals surface area contributed by atoms with Crippen LogP contribution in [0.3, 0.4) is 0 Å². The molecular weight excluding hydrogens is 266 g/mol. The summed E-state index contributed by atoms with van der Waals surface area (Å²) < 4.78 is 1.53. The van der Waals surface area contributed by atoms with Crippen LogP contribution in [0.15, 0.2) is 59.4 Å². The van der Waals surface area contributed by atoms with Crippen molar-refractivity contribution in [2.75, 3.05) is 0 Å². The third kappa shape index (κ3) is 1.64. The van der Waals surface area contributed by atoms with Crippen LogP contribution < -0.4 is 5.69 Å². The number of phenolic OH excluding ortho intramolecular Hbond substituents is 1. The molecule has 2 N–H and O–H groups in total. The number of aromatic amines is 1. The van der Waals surface area contributed by atoms with Crippen LogP contribution in [0.4, 0.5) is 0 Å². The first-order valence-corrected chi connectivity index (χ1v) is 6.53. The van der Waals surface area contributed by atoms with Gasteiger partial charge in [0.05, 0.1) is 5.52 Å².